The van der Waals surface area contributed by atoms with Gasteiger partial charge in [0.2, 0.25) is 0 Å². The summed E-state index contributed by atoms with van der Waals surface area (Å²) < 4.78 is 5.76. The Kier molecular flexibility index (Phi) is 4.88. The SMILES string of the molecule is C[SiH](CCCN)C1CCCCO1. The molecule has 0 spiro atoms. The van der Waals surface area contributed by atoms with Crippen LogP contribution < -0.4 is 5.73 Å². The highest BCUT2D eigenvalue weighted by molar-refractivity contribution is 6.58. The van der Waals surface area contributed by atoms with Crippen molar-refractivity contribution in [1.82, 2.24) is 0 Å². The summed E-state index contributed by atoms with van der Waals surface area (Å²) in [5.41, 5.74) is 6.15. The lowest BCUT2D eigenvalue weighted by atomic mass is 10.2. The van der Waals surface area contributed by atoms with E-state index >= 15 is 0 Å². The van der Waals surface area contributed by atoms with Crippen molar-refractivity contribution in [3.63, 3.8) is 0 Å². The van der Waals surface area contributed by atoms with Gasteiger partial charge in [0.25, 0.3) is 0 Å². The topological polar surface area (TPSA) is 35.2 Å². The van der Waals surface area contributed by atoms with Gasteiger partial charge in [0, 0.05) is 12.3 Å². The molecular formula is C9H21NOSi. The van der Waals surface area contributed by atoms with Crippen molar-refractivity contribution in [2.75, 3.05) is 13.2 Å². The molecular weight excluding hydrogens is 166 g/mol. The van der Waals surface area contributed by atoms with Crippen molar-refractivity contribution in [2.24, 2.45) is 5.73 Å². The average molecular weight is 187 g/mol. The van der Waals surface area contributed by atoms with Crippen molar-refractivity contribution >= 4 is 8.80 Å². The van der Waals surface area contributed by atoms with Crippen LogP contribution in [-0.2, 0) is 4.74 Å². The van der Waals surface area contributed by atoms with E-state index in [1.807, 2.05) is 0 Å². The highest BCUT2D eigenvalue weighted by Crippen LogP contribution is 2.17. The molecule has 1 aliphatic heterocycles. The third-order valence-electron chi connectivity index (χ3n) is 2.71. The molecule has 12 heavy (non-hydrogen) atoms. The maximum Gasteiger partial charge on any atom is 0.0687 e. The Balaban J connectivity index is 2.15. The molecule has 2 unspecified atom stereocenters. The minimum absolute atomic E-state index is 0.603. The van der Waals surface area contributed by atoms with E-state index in [4.69, 9.17) is 10.5 Å². The van der Waals surface area contributed by atoms with E-state index in [1.165, 1.54) is 31.7 Å². The highest BCUT2D eigenvalue weighted by Gasteiger charge is 2.20. The van der Waals surface area contributed by atoms with Gasteiger partial charge in [-0.15, -0.1) is 0 Å². The Morgan fingerprint density at radius 2 is 2.33 bits per heavy atom. The maximum atomic E-state index is 5.76. The zero-order valence-corrected chi connectivity index (χ0v) is 9.24. The summed E-state index contributed by atoms with van der Waals surface area (Å²) in [4.78, 5) is 0. The Morgan fingerprint density at radius 3 is 2.92 bits per heavy atom. The van der Waals surface area contributed by atoms with E-state index < -0.39 is 8.80 Å². The molecule has 0 radical (unpaired) electrons. The molecule has 0 aromatic heterocycles. The van der Waals surface area contributed by atoms with Gasteiger partial charge in [-0.2, -0.15) is 0 Å². The minimum Gasteiger partial charge on any atom is -0.382 e. The molecule has 0 aromatic carbocycles. The van der Waals surface area contributed by atoms with Crippen LogP contribution in [0, 0.1) is 0 Å². The predicted octanol–water partition coefficient (Wildman–Crippen LogP) is 1.30. The van der Waals surface area contributed by atoms with Crippen LogP contribution in [0.15, 0.2) is 0 Å². The number of nitrogens with two attached hydrogens (primary N) is 1. The van der Waals surface area contributed by atoms with Crippen LogP contribution in [-0.4, -0.2) is 27.7 Å². The Morgan fingerprint density at radius 1 is 1.50 bits per heavy atom. The van der Waals surface area contributed by atoms with Gasteiger partial charge in [0.05, 0.1) is 8.80 Å². The second-order valence-electron chi connectivity index (χ2n) is 3.81. The fourth-order valence-corrected chi connectivity index (χ4v) is 4.36. The van der Waals surface area contributed by atoms with Crippen molar-refractivity contribution in [3.8, 4) is 0 Å². The molecule has 2 nitrogen and oxygen atoms in total. The fraction of sp³-hybridized carbons (Fsp3) is 1.00. The van der Waals surface area contributed by atoms with Gasteiger partial charge in [-0.3, -0.25) is 0 Å². The summed E-state index contributed by atoms with van der Waals surface area (Å²) >= 11 is 0. The average Bonchev–Trinajstić information content (AvgIpc) is 2.15. The molecule has 1 aliphatic rings. The largest absolute Gasteiger partial charge is 0.382 e. The third kappa shape index (κ3) is 3.25. The first-order chi connectivity index (χ1) is 5.84. The normalized spacial score (nSPS) is 27.0. The second-order valence-corrected chi connectivity index (χ2v) is 7.09. The van der Waals surface area contributed by atoms with Crippen molar-refractivity contribution in [1.29, 1.82) is 0 Å². The third-order valence-corrected chi connectivity index (χ3v) is 5.83. The lowest BCUT2D eigenvalue weighted by Crippen LogP contribution is -2.33. The highest BCUT2D eigenvalue weighted by atomic mass is 28.3. The molecule has 3 heteroatoms. The van der Waals surface area contributed by atoms with Crippen molar-refractivity contribution < 1.29 is 4.74 Å². The van der Waals surface area contributed by atoms with E-state index in [-0.39, 0.29) is 0 Å². The van der Waals surface area contributed by atoms with Crippen LogP contribution in [0.5, 0.6) is 0 Å². The molecule has 0 aromatic rings. The molecule has 1 saturated heterocycles. The van der Waals surface area contributed by atoms with Gasteiger partial charge in [-0.1, -0.05) is 12.6 Å². The van der Waals surface area contributed by atoms with E-state index in [0.29, 0.717) is 5.73 Å². The monoisotopic (exact) mass is 187 g/mol. The lowest BCUT2D eigenvalue weighted by Gasteiger charge is -2.27. The second kappa shape index (κ2) is 5.73. The van der Waals surface area contributed by atoms with Gasteiger partial charge >= 0.3 is 0 Å². The molecule has 0 aliphatic carbocycles. The molecule has 2 atom stereocenters. The summed E-state index contributed by atoms with van der Waals surface area (Å²) in [6.07, 6.45) is 5.17. The van der Waals surface area contributed by atoms with E-state index in [2.05, 4.69) is 6.55 Å². The van der Waals surface area contributed by atoms with E-state index in [0.717, 1.165) is 13.2 Å². The summed E-state index contributed by atoms with van der Waals surface area (Å²) in [5.74, 6) is 0. The van der Waals surface area contributed by atoms with Crippen LogP contribution in [0.25, 0.3) is 0 Å². The predicted molar refractivity (Wildman–Crippen MR) is 55.1 cm³/mol. The summed E-state index contributed by atoms with van der Waals surface area (Å²) in [7, 11) is -0.603. The van der Waals surface area contributed by atoms with Crippen LogP contribution in [0.3, 0.4) is 0 Å². The number of hydrogen-bond acceptors (Lipinski definition) is 2. The van der Waals surface area contributed by atoms with Crippen LogP contribution >= 0.6 is 0 Å². The minimum atomic E-state index is -0.603. The molecule has 1 rings (SSSR count). The lowest BCUT2D eigenvalue weighted by molar-refractivity contribution is 0.0626. The molecule has 0 saturated carbocycles. The van der Waals surface area contributed by atoms with E-state index in [9.17, 15) is 0 Å². The van der Waals surface area contributed by atoms with Crippen LogP contribution in [0.2, 0.25) is 12.6 Å². The first-order valence-electron chi connectivity index (χ1n) is 5.16. The number of rotatable bonds is 4. The van der Waals surface area contributed by atoms with Crippen molar-refractivity contribution in [3.05, 3.63) is 0 Å². The molecule has 0 amide bonds. The smallest absolute Gasteiger partial charge is 0.0687 e. The Labute approximate surface area is 77.1 Å². The Bertz CT molecular complexity index is 115. The first kappa shape index (κ1) is 10.2. The van der Waals surface area contributed by atoms with Gasteiger partial charge in [-0.25, -0.2) is 0 Å². The van der Waals surface area contributed by atoms with Gasteiger partial charge in [-0.05, 0) is 32.2 Å². The van der Waals surface area contributed by atoms with Gasteiger partial charge in [0.15, 0.2) is 0 Å². The molecule has 2 N–H and O–H groups in total. The maximum absolute atomic E-state index is 5.76. The summed E-state index contributed by atoms with van der Waals surface area (Å²) in [5, 5.41) is 0. The van der Waals surface area contributed by atoms with Crippen LogP contribution in [0.4, 0.5) is 0 Å². The van der Waals surface area contributed by atoms with Crippen LogP contribution in [0.1, 0.15) is 25.7 Å². The summed E-state index contributed by atoms with van der Waals surface area (Å²) in [6, 6.07) is 1.36. The zero-order valence-electron chi connectivity index (χ0n) is 8.09. The molecule has 1 heterocycles. The van der Waals surface area contributed by atoms with Gasteiger partial charge < -0.3 is 10.5 Å². The van der Waals surface area contributed by atoms with Gasteiger partial charge in [0.1, 0.15) is 0 Å². The quantitative estimate of drug-likeness (QED) is 0.673. The Hall–Kier alpha value is 0.137. The number of hydrogen-bond donors (Lipinski definition) is 1. The standard InChI is InChI=1S/C9H21NOSi/c1-12(8-4-6-10)9-5-2-3-7-11-9/h9,12H,2-8,10H2,1H3. The fourth-order valence-electron chi connectivity index (χ4n) is 1.84. The molecule has 72 valence electrons. The molecule has 0 bridgehead atoms. The number of ether oxygens (including phenoxy) is 1. The summed E-state index contributed by atoms with van der Waals surface area (Å²) in [6.45, 7) is 4.28. The van der Waals surface area contributed by atoms with E-state index in [1.54, 1.807) is 0 Å². The zero-order chi connectivity index (χ0) is 8.81. The van der Waals surface area contributed by atoms with Crippen molar-refractivity contribution in [2.45, 2.75) is 44.0 Å². The molecule has 1 fully saturated rings. The first-order valence-corrected chi connectivity index (χ1v) is 7.80.